The number of rotatable bonds is 5. The van der Waals surface area contributed by atoms with Crippen LogP contribution in [0.5, 0.6) is 0 Å². The van der Waals surface area contributed by atoms with Crippen LogP contribution in [0.1, 0.15) is 6.92 Å². The minimum atomic E-state index is -0.553. The minimum Gasteiger partial charge on any atom is -0.393 e. The number of nitro benzene ring substituents is 1. The zero-order valence-electron chi connectivity index (χ0n) is 9.40. The van der Waals surface area contributed by atoms with E-state index in [-0.39, 0.29) is 23.8 Å². The van der Waals surface area contributed by atoms with E-state index in [9.17, 15) is 14.9 Å². The van der Waals surface area contributed by atoms with Gasteiger partial charge in [-0.3, -0.25) is 14.9 Å². The number of likely N-dealkylation sites (N-methyl/N-ethyl adjacent to an activating group) is 1. The van der Waals surface area contributed by atoms with Crippen molar-refractivity contribution < 1.29 is 9.72 Å². The van der Waals surface area contributed by atoms with Crippen LogP contribution < -0.4 is 16.4 Å². The highest BCUT2D eigenvalue weighted by molar-refractivity contribution is 5.81. The standard InChI is InChI=1S/C10H14N4O3/c1-2-12-10(15)6-13-7-3-4-9(14(16)17)8(11)5-7/h3-5,13H,2,6,11H2,1H3,(H,12,15). The number of carbonyl (C=O) groups is 1. The molecule has 7 heteroatoms. The molecule has 0 bridgehead atoms. The van der Waals surface area contributed by atoms with Crippen molar-refractivity contribution >= 4 is 23.0 Å². The lowest BCUT2D eigenvalue weighted by Crippen LogP contribution is -2.29. The van der Waals surface area contributed by atoms with Crippen molar-refractivity contribution in [2.75, 3.05) is 24.1 Å². The summed E-state index contributed by atoms with van der Waals surface area (Å²) in [4.78, 5) is 21.1. The summed E-state index contributed by atoms with van der Waals surface area (Å²) in [5.74, 6) is -0.149. The summed E-state index contributed by atoms with van der Waals surface area (Å²) in [5.41, 5.74) is 5.99. The van der Waals surface area contributed by atoms with Gasteiger partial charge >= 0.3 is 0 Å². The number of amides is 1. The molecule has 0 heterocycles. The number of nitrogens with zero attached hydrogens (tertiary/aromatic N) is 1. The van der Waals surface area contributed by atoms with Gasteiger partial charge in [0.15, 0.2) is 0 Å². The van der Waals surface area contributed by atoms with E-state index in [4.69, 9.17) is 5.73 Å². The van der Waals surface area contributed by atoms with Crippen molar-refractivity contribution in [2.45, 2.75) is 6.92 Å². The molecule has 0 aromatic heterocycles. The first-order valence-electron chi connectivity index (χ1n) is 5.09. The lowest BCUT2D eigenvalue weighted by Gasteiger charge is -2.07. The summed E-state index contributed by atoms with van der Waals surface area (Å²) in [5, 5.41) is 16.0. The Morgan fingerprint density at radius 2 is 2.24 bits per heavy atom. The fraction of sp³-hybridized carbons (Fsp3) is 0.300. The number of nitro groups is 1. The Hall–Kier alpha value is -2.31. The molecule has 0 saturated heterocycles. The van der Waals surface area contributed by atoms with Crippen LogP contribution in [0, 0.1) is 10.1 Å². The Morgan fingerprint density at radius 3 is 2.76 bits per heavy atom. The lowest BCUT2D eigenvalue weighted by atomic mass is 10.2. The topological polar surface area (TPSA) is 110 Å². The number of hydrogen-bond acceptors (Lipinski definition) is 5. The molecular weight excluding hydrogens is 224 g/mol. The van der Waals surface area contributed by atoms with Crippen LogP contribution in [0.4, 0.5) is 17.1 Å². The van der Waals surface area contributed by atoms with Gasteiger partial charge in [-0.05, 0) is 19.1 Å². The molecule has 0 spiro atoms. The second-order valence-corrected chi connectivity index (χ2v) is 3.34. The normalized spacial score (nSPS) is 9.71. The van der Waals surface area contributed by atoms with E-state index in [0.29, 0.717) is 12.2 Å². The zero-order valence-corrected chi connectivity index (χ0v) is 9.40. The van der Waals surface area contributed by atoms with Crippen LogP contribution in [0.2, 0.25) is 0 Å². The summed E-state index contributed by atoms with van der Waals surface area (Å²) < 4.78 is 0. The first kappa shape index (κ1) is 12.8. The van der Waals surface area contributed by atoms with Crippen molar-refractivity contribution in [3.8, 4) is 0 Å². The number of carbonyl (C=O) groups excluding carboxylic acids is 1. The van der Waals surface area contributed by atoms with Crippen LogP contribution in [0.15, 0.2) is 18.2 Å². The molecule has 4 N–H and O–H groups in total. The van der Waals surface area contributed by atoms with Gasteiger partial charge in [0.2, 0.25) is 5.91 Å². The fourth-order valence-electron chi connectivity index (χ4n) is 1.27. The molecule has 7 nitrogen and oxygen atoms in total. The second kappa shape index (κ2) is 5.69. The SMILES string of the molecule is CCNC(=O)CNc1ccc([N+](=O)[O-])c(N)c1. The summed E-state index contributed by atoms with van der Waals surface area (Å²) in [6, 6.07) is 4.24. The van der Waals surface area contributed by atoms with Gasteiger partial charge in [-0.1, -0.05) is 0 Å². The van der Waals surface area contributed by atoms with Gasteiger partial charge in [-0.25, -0.2) is 0 Å². The molecule has 0 unspecified atom stereocenters. The maximum Gasteiger partial charge on any atom is 0.292 e. The molecule has 1 amide bonds. The number of nitrogens with two attached hydrogens (primary N) is 1. The van der Waals surface area contributed by atoms with Crippen LogP contribution in [-0.2, 0) is 4.79 Å². The quantitative estimate of drug-likeness (QED) is 0.398. The molecule has 0 atom stereocenters. The van der Waals surface area contributed by atoms with Crippen molar-refractivity contribution in [1.82, 2.24) is 5.32 Å². The lowest BCUT2D eigenvalue weighted by molar-refractivity contribution is -0.383. The third kappa shape index (κ3) is 3.63. The molecule has 1 aromatic rings. The number of anilines is 2. The van der Waals surface area contributed by atoms with Crippen LogP contribution >= 0.6 is 0 Å². The Labute approximate surface area is 98.1 Å². The van der Waals surface area contributed by atoms with E-state index in [2.05, 4.69) is 10.6 Å². The highest BCUT2D eigenvalue weighted by Crippen LogP contribution is 2.24. The average Bonchev–Trinajstić information content (AvgIpc) is 2.26. The molecular formula is C10H14N4O3. The maximum absolute atomic E-state index is 11.2. The highest BCUT2D eigenvalue weighted by Gasteiger charge is 2.11. The van der Waals surface area contributed by atoms with E-state index in [1.165, 1.54) is 18.2 Å². The van der Waals surface area contributed by atoms with E-state index in [1.807, 2.05) is 6.92 Å². The molecule has 1 aromatic carbocycles. The molecule has 0 aliphatic rings. The molecule has 92 valence electrons. The first-order chi connectivity index (χ1) is 8.04. The van der Waals surface area contributed by atoms with Gasteiger partial charge in [0.1, 0.15) is 5.69 Å². The van der Waals surface area contributed by atoms with Gasteiger partial charge in [-0.2, -0.15) is 0 Å². The molecule has 0 aliphatic heterocycles. The van der Waals surface area contributed by atoms with Crippen molar-refractivity contribution in [3.63, 3.8) is 0 Å². The number of nitrogens with one attached hydrogen (secondary N) is 2. The number of hydrogen-bond donors (Lipinski definition) is 3. The molecule has 0 fully saturated rings. The predicted molar refractivity (Wildman–Crippen MR) is 64.7 cm³/mol. The fourth-order valence-corrected chi connectivity index (χ4v) is 1.27. The molecule has 0 aliphatic carbocycles. The smallest absolute Gasteiger partial charge is 0.292 e. The summed E-state index contributed by atoms with van der Waals surface area (Å²) >= 11 is 0. The first-order valence-corrected chi connectivity index (χ1v) is 5.09. The van der Waals surface area contributed by atoms with Gasteiger partial charge in [0.25, 0.3) is 5.69 Å². The number of benzene rings is 1. The third-order valence-electron chi connectivity index (χ3n) is 2.05. The molecule has 1 rings (SSSR count). The second-order valence-electron chi connectivity index (χ2n) is 3.34. The van der Waals surface area contributed by atoms with Crippen LogP contribution in [-0.4, -0.2) is 23.9 Å². The van der Waals surface area contributed by atoms with Gasteiger partial charge in [0.05, 0.1) is 11.5 Å². The van der Waals surface area contributed by atoms with Gasteiger partial charge in [0, 0.05) is 18.3 Å². The third-order valence-corrected chi connectivity index (χ3v) is 2.05. The zero-order chi connectivity index (χ0) is 12.8. The van der Waals surface area contributed by atoms with E-state index < -0.39 is 4.92 Å². The van der Waals surface area contributed by atoms with Crippen molar-refractivity contribution in [2.24, 2.45) is 0 Å². The molecule has 17 heavy (non-hydrogen) atoms. The minimum absolute atomic E-state index is 0.0656. The Morgan fingerprint density at radius 1 is 1.53 bits per heavy atom. The number of nitrogen functional groups attached to an aromatic ring is 1. The molecule has 0 saturated carbocycles. The largest absolute Gasteiger partial charge is 0.393 e. The predicted octanol–water partition coefficient (Wildman–Crippen LogP) is 0.725. The van der Waals surface area contributed by atoms with Gasteiger partial charge < -0.3 is 16.4 Å². The summed E-state index contributed by atoms with van der Waals surface area (Å²) in [6.07, 6.45) is 0. The summed E-state index contributed by atoms with van der Waals surface area (Å²) in [7, 11) is 0. The maximum atomic E-state index is 11.2. The van der Waals surface area contributed by atoms with E-state index >= 15 is 0 Å². The highest BCUT2D eigenvalue weighted by atomic mass is 16.6. The Balaban J connectivity index is 2.65. The van der Waals surface area contributed by atoms with E-state index in [0.717, 1.165) is 0 Å². The average molecular weight is 238 g/mol. The van der Waals surface area contributed by atoms with Gasteiger partial charge in [-0.15, -0.1) is 0 Å². The Bertz CT molecular complexity index is 434. The van der Waals surface area contributed by atoms with E-state index in [1.54, 1.807) is 0 Å². The van der Waals surface area contributed by atoms with Crippen LogP contribution in [0.25, 0.3) is 0 Å². The van der Waals surface area contributed by atoms with Crippen molar-refractivity contribution in [3.05, 3.63) is 28.3 Å². The Kier molecular flexibility index (Phi) is 4.27. The monoisotopic (exact) mass is 238 g/mol. The van der Waals surface area contributed by atoms with Crippen molar-refractivity contribution in [1.29, 1.82) is 0 Å². The molecule has 0 radical (unpaired) electrons. The summed E-state index contributed by atoms with van der Waals surface area (Å²) in [6.45, 7) is 2.48. The van der Waals surface area contributed by atoms with Crippen LogP contribution in [0.3, 0.4) is 0 Å².